The second kappa shape index (κ2) is 9.35. The Balaban J connectivity index is 1.34. The predicted octanol–water partition coefficient (Wildman–Crippen LogP) is 4.36. The smallest absolute Gasteiger partial charge is 0.337 e. The molecular weight excluding hydrogens is 396 g/mol. The highest BCUT2D eigenvalue weighted by molar-refractivity contribution is 5.96. The van der Waals surface area contributed by atoms with Crippen LogP contribution in [0, 0.1) is 12.8 Å². The van der Waals surface area contributed by atoms with Crippen LogP contribution in [0.2, 0.25) is 0 Å². The van der Waals surface area contributed by atoms with E-state index in [4.69, 9.17) is 14.2 Å². The molecule has 0 saturated heterocycles. The van der Waals surface area contributed by atoms with Gasteiger partial charge in [-0.05, 0) is 55.2 Å². The van der Waals surface area contributed by atoms with Crippen molar-refractivity contribution >= 4 is 11.8 Å². The highest BCUT2D eigenvalue weighted by atomic mass is 16.5. The van der Waals surface area contributed by atoms with Gasteiger partial charge in [0.05, 0.1) is 31.3 Å². The molecule has 0 amide bonds. The Hall–Kier alpha value is -3.12. The molecule has 6 heteroatoms. The van der Waals surface area contributed by atoms with Crippen LogP contribution in [-0.2, 0) is 25.6 Å². The first-order chi connectivity index (χ1) is 15.0. The maximum absolute atomic E-state index is 12.9. The number of benzene rings is 2. The molecule has 6 nitrogen and oxygen atoms in total. The van der Waals surface area contributed by atoms with Gasteiger partial charge in [0.25, 0.3) is 0 Å². The third-order valence-corrected chi connectivity index (χ3v) is 5.91. The minimum absolute atomic E-state index is 0.0503. The second-order valence-electron chi connectivity index (χ2n) is 7.92. The van der Waals surface area contributed by atoms with E-state index in [2.05, 4.69) is 23.8 Å². The van der Waals surface area contributed by atoms with Crippen LogP contribution in [0.15, 0.2) is 60.6 Å². The Kier molecular flexibility index (Phi) is 6.37. The molecule has 0 aromatic heterocycles. The van der Waals surface area contributed by atoms with Gasteiger partial charge in [-0.15, -0.1) is 0 Å². The number of methoxy groups -OCH3 is 1. The standard InChI is InChI=1S/C25H26O6/c1-16-5-3-4-6-18(16)14-29-20-11-12-21-22(13-20)30-15-23(24(21)26)31-19-9-7-17(8-10-19)25(27)28-2/h3-10,15,20-22H,11-14H2,1-2H3. The lowest BCUT2D eigenvalue weighted by molar-refractivity contribution is -0.134. The molecule has 3 unspecified atom stereocenters. The zero-order valence-corrected chi connectivity index (χ0v) is 17.7. The number of hydrogen-bond donors (Lipinski definition) is 0. The third-order valence-electron chi connectivity index (χ3n) is 5.91. The van der Waals surface area contributed by atoms with E-state index in [1.165, 1.54) is 24.5 Å². The van der Waals surface area contributed by atoms with E-state index in [0.29, 0.717) is 30.8 Å². The summed E-state index contributed by atoms with van der Waals surface area (Å²) in [7, 11) is 1.33. The Labute approximate surface area is 181 Å². The summed E-state index contributed by atoms with van der Waals surface area (Å²) in [6.07, 6.45) is 3.46. The summed E-state index contributed by atoms with van der Waals surface area (Å²) in [5, 5.41) is 0. The van der Waals surface area contributed by atoms with Crippen molar-refractivity contribution < 1.29 is 28.5 Å². The zero-order valence-electron chi connectivity index (χ0n) is 17.7. The molecule has 0 spiro atoms. The van der Waals surface area contributed by atoms with Crippen molar-refractivity contribution in [1.29, 1.82) is 0 Å². The highest BCUT2D eigenvalue weighted by Gasteiger charge is 2.41. The number of hydrogen-bond acceptors (Lipinski definition) is 6. The lowest BCUT2D eigenvalue weighted by Crippen LogP contribution is -2.42. The summed E-state index contributed by atoms with van der Waals surface area (Å²) in [5.41, 5.74) is 2.81. The van der Waals surface area contributed by atoms with Crippen LogP contribution in [0.5, 0.6) is 5.75 Å². The van der Waals surface area contributed by atoms with Crippen molar-refractivity contribution in [1.82, 2.24) is 0 Å². The summed E-state index contributed by atoms with van der Waals surface area (Å²) < 4.78 is 22.4. The lowest BCUT2D eigenvalue weighted by Gasteiger charge is -2.37. The molecule has 0 bridgehead atoms. The van der Waals surface area contributed by atoms with Gasteiger partial charge < -0.3 is 18.9 Å². The maximum atomic E-state index is 12.9. The summed E-state index contributed by atoms with van der Waals surface area (Å²) in [5.74, 6) is -0.0544. The van der Waals surface area contributed by atoms with Gasteiger partial charge in [-0.1, -0.05) is 24.3 Å². The number of ketones is 1. The largest absolute Gasteiger partial charge is 0.493 e. The topological polar surface area (TPSA) is 71.1 Å². The van der Waals surface area contributed by atoms with Crippen molar-refractivity contribution in [3.05, 3.63) is 77.2 Å². The van der Waals surface area contributed by atoms with Gasteiger partial charge in [-0.3, -0.25) is 4.79 Å². The van der Waals surface area contributed by atoms with Crippen LogP contribution < -0.4 is 4.74 Å². The van der Waals surface area contributed by atoms with E-state index in [1.54, 1.807) is 24.3 Å². The van der Waals surface area contributed by atoms with E-state index in [0.717, 1.165) is 6.42 Å². The van der Waals surface area contributed by atoms with E-state index < -0.39 is 5.97 Å². The van der Waals surface area contributed by atoms with Crippen LogP contribution in [0.1, 0.15) is 40.7 Å². The lowest BCUT2D eigenvalue weighted by atomic mass is 9.80. The molecule has 1 saturated carbocycles. The number of carbonyl (C=O) groups excluding carboxylic acids is 2. The van der Waals surface area contributed by atoms with E-state index in [-0.39, 0.29) is 29.7 Å². The Morgan fingerprint density at radius 3 is 2.61 bits per heavy atom. The number of aryl methyl sites for hydroxylation is 1. The summed E-state index contributed by atoms with van der Waals surface area (Å²) in [6.45, 7) is 2.64. The van der Waals surface area contributed by atoms with Crippen LogP contribution >= 0.6 is 0 Å². The second-order valence-corrected chi connectivity index (χ2v) is 7.92. The monoisotopic (exact) mass is 422 g/mol. The van der Waals surface area contributed by atoms with Crippen LogP contribution in [0.3, 0.4) is 0 Å². The quantitative estimate of drug-likeness (QED) is 0.645. The average molecular weight is 422 g/mol. The minimum Gasteiger partial charge on any atom is -0.493 e. The Morgan fingerprint density at radius 1 is 1.10 bits per heavy atom. The van der Waals surface area contributed by atoms with Gasteiger partial charge in [0.1, 0.15) is 18.1 Å². The molecule has 0 N–H and O–H groups in total. The number of fused-ring (bicyclic) bond motifs is 1. The molecule has 3 atom stereocenters. The number of allylic oxidation sites excluding steroid dienone is 1. The molecule has 1 aliphatic heterocycles. The molecule has 0 radical (unpaired) electrons. The van der Waals surface area contributed by atoms with Gasteiger partial charge in [-0.2, -0.15) is 0 Å². The van der Waals surface area contributed by atoms with Crippen molar-refractivity contribution in [2.24, 2.45) is 5.92 Å². The Morgan fingerprint density at radius 2 is 1.87 bits per heavy atom. The molecular formula is C25H26O6. The molecule has 2 aromatic rings. The average Bonchev–Trinajstić information content (AvgIpc) is 2.80. The van der Waals surface area contributed by atoms with E-state index >= 15 is 0 Å². The van der Waals surface area contributed by atoms with Crippen LogP contribution in [0.4, 0.5) is 0 Å². The molecule has 1 heterocycles. The number of esters is 1. The van der Waals surface area contributed by atoms with Crippen LogP contribution in [0.25, 0.3) is 0 Å². The molecule has 1 fully saturated rings. The first kappa shape index (κ1) is 21.1. The van der Waals surface area contributed by atoms with E-state index in [9.17, 15) is 9.59 Å². The van der Waals surface area contributed by atoms with E-state index in [1.807, 2.05) is 12.1 Å². The number of Topliss-reactive ketones (excluding diaryl/α,β-unsaturated/α-hetero) is 1. The first-order valence-corrected chi connectivity index (χ1v) is 10.5. The third kappa shape index (κ3) is 4.80. The molecule has 162 valence electrons. The molecule has 2 aliphatic rings. The SMILES string of the molecule is COC(=O)c1ccc(OC2=COC3CC(OCc4ccccc4C)CCC3C2=O)cc1. The maximum Gasteiger partial charge on any atom is 0.337 e. The van der Waals surface area contributed by atoms with Gasteiger partial charge >= 0.3 is 5.97 Å². The van der Waals surface area contributed by atoms with Crippen molar-refractivity contribution in [2.75, 3.05) is 7.11 Å². The van der Waals surface area contributed by atoms with Gasteiger partial charge in [0.2, 0.25) is 11.5 Å². The zero-order chi connectivity index (χ0) is 21.8. The predicted molar refractivity (Wildman–Crippen MR) is 113 cm³/mol. The fourth-order valence-corrected chi connectivity index (χ4v) is 4.04. The van der Waals surface area contributed by atoms with Crippen molar-refractivity contribution in [3.8, 4) is 5.75 Å². The van der Waals surface area contributed by atoms with Gasteiger partial charge in [0, 0.05) is 6.42 Å². The molecule has 1 aliphatic carbocycles. The highest BCUT2D eigenvalue weighted by Crippen LogP contribution is 2.35. The van der Waals surface area contributed by atoms with Gasteiger partial charge in [0.15, 0.2) is 0 Å². The molecule has 2 aromatic carbocycles. The number of rotatable bonds is 6. The normalized spacial score (nSPS) is 22.7. The summed E-state index contributed by atoms with van der Waals surface area (Å²) >= 11 is 0. The minimum atomic E-state index is -0.424. The molecule has 31 heavy (non-hydrogen) atoms. The Bertz CT molecular complexity index is 978. The van der Waals surface area contributed by atoms with Crippen LogP contribution in [-0.4, -0.2) is 31.1 Å². The van der Waals surface area contributed by atoms with Gasteiger partial charge in [-0.25, -0.2) is 4.79 Å². The number of carbonyl (C=O) groups is 2. The first-order valence-electron chi connectivity index (χ1n) is 10.5. The fourth-order valence-electron chi connectivity index (χ4n) is 4.04. The molecule has 4 rings (SSSR count). The fraction of sp³-hybridized carbons (Fsp3) is 0.360. The van der Waals surface area contributed by atoms with Crippen molar-refractivity contribution in [3.63, 3.8) is 0 Å². The summed E-state index contributed by atoms with van der Waals surface area (Å²) in [4.78, 5) is 24.5. The summed E-state index contributed by atoms with van der Waals surface area (Å²) in [6, 6.07) is 14.6. The number of ether oxygens (including phenoxy) is 4. The van der Waals surface area contributed by atoms with Crippen molar-refractivity contribution in [2.45, 2.75) is 45.0 Å².